The molecule has 1 aromatic carbocycles. The van der Waals surface area contributed by atoms with Crippen molar-refractivity contribution in [2.24, 2.45) is 0 Å². The Morgan fingerprint density at radius 1 is 1.20 bits per heavy atom. The Balaban J connectivity index is 1.74. The fourth-order valence-corrected chi connectivity index (χ4v) is 1.98. The Morgan fingerprint density at radius 2 is 2.00 bits per heavy atom. The molecular weight excluding hydrogens is 260 g/mol. The number of carboxylic acid groups (broad SMARTS) is 1. The van der Waals surface area contributed by atoms with Crippen LogP contribution in [0.1, 0.15) is 0 Å². The number of aliphatic carboxylic acids is 1. The summed E-state index contributed by atoms with van der Waals surface area (Å²) >= 11 is 0. The summed E-state index contributed by atoms with van der Waals surface area (Å²) in [6.45, 7) is 1.63. The monoisotopic (exact) mass is 278 g/mol. The number of ether oxygens (including phenoxy) is 2. The molecule has 0 aliphatic heterocycles. The number of nitrogens with zero attached hydrogens (tertiary/aromatic N) is 1. The topological polar surface area (TPSA) is 86.7 Å². The van der Waals surface area contributed by atoms with E-state index in [0.29, 0.717) is 19.8 Å². The van der Waals surface area contributed by atoms with Crippen molar-refractivity contribution in [2.45, 2.75) is 6.54 Å². The quantitative estimate of drug-likeness (QED) is 0.562. The predicted molar refractivity (Wildman–Crippen MR) is 75.6 cm³/mol. The molecule has 2 rings (SSSR count). The standard InChI is InChI=1S/C14H18N2O4/c15-12-2-1-3-13-11(12)4-5-16(13)6-7-19-8-9-20-10-14(17)18/h1-5H,6-10,15H2,(H,17,18). The lowest BCUT2D eigenvalue weighted by molar-refractivity contribution is -0.142. The smallest absolute Gasteiger partial charge is 0.329 e. The van der Waals surface area contributed by atoms with E-state index < -0.39 is 5.97 Å². The number of nitrogens with two attached hydrogens (primary N) is 1. The molecule has 2 aromatic rings. The van der Waals surface area contributed by atoms with Crippen LogP contribution in [0.4, 0.5) is 5.69 Å². The Labute approximate surface area is 116 Å². The molecule has 1 aromatic heterocycles. The van der Waals surface area contributed by atoms with Gasteiger partial charge in [0.2, 0.25) is 0 Å². The van der Waals surface area contributed by atoms with Gasteiger partial charge in [-0.1, -0.05) is 6.07 Å². The Bertz CT molecular complexity index is 580. The van der Waals surface area contributed by atoms with Gasteiger partial charge in [-0.05, 0) is 18.2 Å². The van der Waals surface area contributed by atoms with Crippen LogP contribution in [0, 0.1) is 0 Å². The summed E-state index contributed by atoms with van der Waals surface area (Å²) in [5.41, 5.74) is 7.74. The summed E-state index contributed by atoms with van der Waals surface area (Å²) in [5, 5.41) is 9.42. The predicted octanol–water partition coefficient (Wildman–Crippen LogP) is 1.34. The van der Waals surface area contributed by atoms with Crippen molar-refractivity contribution in [1.29, 1.82) is 0 Å². The largest absolute Gasteiger partial charge is 0.480 e. The van der Waals surface area contributed by atoms with Crippen LogP contribution < -0.4 is 5.73 Å². The number of hydrogen-bond donors (Lipinski definition) is 2. The normalized spacial score (nSPS) is 11.0. The summed E-state index contributed by atoms with van der Waals surface area (Å²) in [7, 11) is 0. The summed E-state index contributed by atoms with van der Waals surface area (Å²) in [6, 6.07) is 7.81. The van der Waals surface area contributed by atoms with Gasteiger partial charge in [0.1, 0.15) is 6.61 Å². The number of hydrogen-bond acceptors (Lipinski definition) is 4. The maximum absolute atomic E-state index is 10.2. The minimum Gasteiger partial charge on any atom is -0.480 e. The van der Waals surface area contributed by atoms with Gasteiger partial charge in [0.15, 0.2) is 0 Å². The summed E-state index contributed by atoms with van der Waals surface area (Å²) < 4.78 is 12.3. The van der Waals surface area contributed by atoms with Crippen LogP contribution in [-0.2, 0) is 20.8 Å². The van der Waals surface area contributed by atoms with E-state index in [0.717, 1.165) is 16.6 Å². The number of nitrogen functional groups attached to an aromatic ring is 1. The summed E-state index contributed by atoms with van der Waals surface area (Å²) in [6.07, 6.45) is 1.98. The molecular formula is C14H18N2O4. The van der Waals surface area contributed by atoms with Crippen molar-refractivity contribution in [3.63, 3.8) is 0 Å². The van der Waals surface area contributed by atoms with E-state index in [4.69, 9.17) is 20.3 Å². The Hall–Kier alpha value is -2.05. The van der Waals surface area contributed by atoms with Crippen molar-refractivity contribution < 1.29 is 19.4 Å². The maximum atomic E-state index is 10.2. The molecule has 6 heteroatoms. The average molecular weight is 278 g/mol. The molecule has 0 aliphatic rings. The van der Waals surface area contributed by atoms with Crippen molar-refractivity contribution in [3.05, 3.63) is 30.5 Å². The van der Waals surface area contributed by atoms with Crippen LogP contribution in [0.2, 0.25) is 0 Å². The fraction of sp³-hybridized carbons (Fsp3) is 0.357. The molecule has 3 N–H and O–H groups in total. The number of aromatic nitrogens is 1. The van der Waals surface area contributed by atoms with E-state index in [1.807, 2.05) is 30.5 Å². The van der Waals surface area contributed by atoms with E-state index in [1.54, 1.807) is 0 Å². The molecule has 0 aliphatic carbocycles. The van der Waals surface area contributed by atoms with Gasteiger partial charge in [0, 0.05) is 23.8 Å². The third-order valence-electron chi connectivity index (χ3n) is 2.92. The zero-order valence-corrected chi connectivity index (χ0v) is 11.1. The number of benzene rings is 1. The minimum atomic E-state index is -0.971. The third kappa shape index (κ3) is 3.72. The highest BCUT2D eigenvalue weighted by Gasteiger charge is 2.03. The second-order valence-electron chi connectivity index (χ2n) is 4.35. The molecule has 0 spiro atoms. The molecule has 0 saturated heterocycles. The number of carbonyl (C=O) groups is 1. The van der Waals surface area contributed by atoms with Crippen molar-refractivity contribution >= 4 is 22.6 Å². The lowest BCUT2D eigenvalue weighted by atomic mass is 10.2. The number of anilines is 1. The molecule has 0 fully saturated rings. The molecule has 108 valence electrons. The molecule has 0 atom stereocenters. The highest BCUT2D eigenvalue weighted by atomic mass is 16.5. The lowest BCUT2D eigenvalue weighted by Gasteiger charge is -2.07. The average Bonchev–Trinajstić information content (AvgIpc) is 2.82. The second-order valence-corrected chi connectivity index (χ2v) is 4.35. The van der Waals surface area contributed by atoms with Crippen molar-refractivity contribution in [3.8, 4) is 0 Å². The lowest BCUT2D eigenvalue weighted by Crippen LogP contribution is -2.13. The minimum absolute atomic E-state index is 0.283. The van der Waals surface area contributed by atoms with E-state index in [9.17, 15) is 4.79 Å². The first kappa shape index (κ1) is 14.4. The van der Waals surface area contributed by atoms with Gasteiger partial charge in [-0.25, -0.2) is 4.79 Å². The first-order valence-corrected chi connectivity index (χ1v) is 6.39. The van der Waals surface area contributed by atoms with Gasteiger partial charge in [-0.2, -0.15) is 0 Å². The molecule has 0 saturated carbocycles. The van der Waals surface area contributed by atoms with Crippen molar-refractivity contribution in [2.75, 3.05) is 32.2 Å². The van der Waals surface area contributed by atoms with E-state index in [2.05, 4.69) is 4.57 Å². The number of carboxylic acids is 1. The first-order valence-electron chi connectivity index (χ1n) is 6.39. The number of rotatable bonds is 8. The highest BCUT2D eigenvalue weighted by molar-refractivity contribution is 5.91. The Kier molecular flexibility index (Phi) is 4.97. The molecule has 0 radical (unpaired) electrons. The third-order valence-corrected chi connectivity index (χ3v) is 2.92. The van der Waals surface area contributed by atoms with Gasteiger partial charge >= 0.3 is 5.97 Å². The van der Waals surface area contributed by atoms with Gasteiger partial charge in [-0.15, -0.1) is 0 Å². The van der Waals surface area contributed by atoms with Crippen LogP contribution in [0.3, 0.4) is 0 Å². The van der Waals surface area contributed by atoms with E-state index in [1.165, 1.54) is 0 Å². The van der Waals surface area contributed by atoms with Crippen molar-refractivity contribution in [1.82, 2.24) is 4.57 Å². The summed E-state index contributed by atoms with van der Waals surface area (Å²) in [5.74, 6) is -0.971. The van der Waals surface area contributed by atoms with Crippen LogP contribution in [-0.4, -0.2) is 42.1 Å². The SMILES string of the molecule is Nc1cccc2c1ccn2CCOCCOCC(=O)O. The highest BCUT2D eigenvalue weighted by Crippen LogP contribution is 2.21. The molecule has 6 nitrogen and oxygen atoms in total. The molecule has 0 unspecified atom stereocenters. The van der Waals surface area contributed by atoms with Gasteiger partial charge in [0.05, 0.1) is 25.3 Å². The van der Waals surface area contributed by atoms with Gasteiger partial charge in [-0.3, -0.25) is 0 Å². The van der Waals surface area contributed by atoms with E-state index >= 15 is 0 Å². The molecule has 0 amide bonds. The van der Waals surface area contributed by atoms with Crippen LogP contribution >= 0.6 is 0 Å². The van der Waals surface area contributed by atoms with E-state index in [-0.39, 0.29) is 13.2 Å². The molecule has 20 heavy (non-hydrogen) atoms. The number of fused-ring (bicyclic) bond motifs is 1. The summed E-state index contributed by atoms with van der Waals surface area (Å²) in [4.78, 5) is 10.2. The fourth-order valence-electron chi connectivity index (χ4n) is 1.98. The zero-order chi connectivity index (χ0) is 14.4. The van der Waals surface area contributed by atoms with Crippen LogP contribution in [0.15, 0.2) is 30.5 Å². The van der Waals surface area contributed by atoms with Crippen LogP contribution in [0.5, 0.6) is 0 Å². The zero-order valence-electron chi connectivity index (χ0n) is 11.1. The first-order chi connectivity index (χ1) is 9.68. The van der Waals surface area contributed by atoms with Gasteiger partial charge in [0.25, 0.3) is 0 Å². The second kappa shape index (κ2) is 6.93. The maximum Gasteiger partial charge on any atom is 0.329 e. The molecule has 1 heterocycles. The Morgan fingerprint density at radius 3 is 2.80 bits per heavy atom. The van der Waals surface area contributed by atoms with Gasteiger partial charge < -0.3 is 24.9 Å². The van der Waals surface area contributed by atoms with Crippen LogP contribution in [0.25, 0.3) is 10.9 Å². The molecule has 0 bridgehead atoms.